The highest BCUT2D eigenvalue weighted by Crippen LogP contribution is 2.16. The monoisotopic (exact) mass is 433 g/mol. The zero-order valence-corrected chi connectivity index (χ0v) is 18.0. The van der Waals surface area contributed by atoms with Crippen LogP contribution in [0.15, 0.2) is 4.99 Å². The number of nitrogens with zero attached hydrogens (tertiary/aromatic N) is 2. The molecule has 0 rings (SSSR count). The molecule has 0 spiro atoms. The summed E-state index contributed by atoms with van der Waals surface area (Å²) in [5.74, 6) is -1.11. The zero-order chi connectivity index (χ0) is 22.4. The van der Waals surface area contributed by atoms with E-state index in [1.54, 1.807) is 5.43 Å². The van der Waals surface area contributed by atoms with Crippen molar-refractivity contribution < 1.29 is 24.7 Å². The molecule has 13 heteroatoms. The molecular weight excluding hydrogens is 401 g/mol. The summed E-state index contributed by atoms with van der Waals surface area (Å²) in [7, 11) is -1.70. The van der Waals surface area contributed by atoms with E-state index in [1.807, 2.05) is 20.8 Å². The average molecular weight is 433 g/mol. The van der Waals surface area contributed by atoms with Gasteiger partial charge in [0, 0.05) is 18.9 Å². The smallest absolute Gasteiger partial charge is 0.426 e. The lowest BCUT2D eigenvalue weighted by atomic mass is 9.74. The summed E-state index contributed by atoms with van der Waals surface area (Å²) in [6.45, 7) is 5.87. The number of guanidine groups is 1. The van der Waals surface area contributed by atoms with E-state index in [0.29, 0.717) is 25.0 Å². The third-order valence-electron chi connectivity index (χ3n) is 3.92. The maximum absolute atomic E-state index is 12.7. The quantitative estimate of drug-likeness (QED) is 0.0580. The molecule has 0 aromatic carbocycles. The molecule has 166 valence electrons. The molecule has 0 saturated heterocycles. The number of hydrogen-bond acceptors (Lipinski definition) is 8. The minimum absolute atomic E-state index is 0.0289. The van der Waals surface area contributed by atoms with E-state index >= 15 is 0 Å². The van der Waals surface area contributed by atoms with E-state index in [4.69, 9.17) is 5.73 Å². The molecule has 0 aliphatic rings. The minimum atomic E-state index is -1.70. The lowest BCUT2D eigenvalue weighted by Gasteiger charge is -2.23. The Kier molecular flexibility index (Phi) is 14.1. The number of Topliss-reactive ketones (excluding diaryl/α,β-unsaturated/α-hetero) is 1. The van der Waals surface area contributed by atoms with Crippen LogP contribution in [0.4, 0.5) is 0 Å². The first-order valence-corrected chi connectivity index (χ1v) is 10.7. The number of nitrogens with two attached hydrogens (primary N) is 1. The van der Waals surface area contributed by atoms with Crippen molar-refractivity contribution in [2.45, 2.75) is 52.4 Å². The second-order valence-corrected chi connectivity index (χ2v) is 8.29. The second kappa shape index (κ2) is 15.0. The first-order valence-electron chi connectivity index (χ1n) is 9.53. The molecule has 11 nitrogen and oxygen atoms in total. The summed E-state index contributed by atoms with van der Waals surface area (Å²) in [4.78, 5) is 38.9. The summed E-state index contributed by atoms with van der Waals surface area (Å²) < 4.78 is 0. The van der Waals surface area contributed by atoms with Crippen LogP contribution in [0.25, 0.3) is 0 Å². The Balaban J connectivity index is 4.95. The van der Waals surface area contributed by atoms with E-state index in [0.717, 1.165) is 5.75 Å². The summed E-state index contributed by atoms with van der Waals surface area (Å²) in [5.41, 5.74) is 7.06. The minimum Gasteiger partial charge on any atom is -0.426 e. The highest BCUT2D eigenvalue weighted by atomic mass is 32.2. The maximum Gasteiger partial charge on any atom is 0.475 e. The van der Waals surface area contributed by atoms with E-state index in [-0.39, 0.29) is 30.6 Å². The van der Waals surface area contributed by atoms with Gasteiger partial charge in [-0.3, -0.25) is 9.59 Å². The lowest BCUT2D eigenvalue weighted by molar-refractivity contribution is -0.525. The van der Waals surface area contributed by atoms with Crippen LogP contribution in [-0.2, 0) is 9.59 Å². The van der Waals surface area contributed by atoms with Gasteiger partial charge in [0.2, 0.25) is 5.91 Å². The average Bonchev–Trinajstić information content (AvgIpc) is 2.60. The number of hydrogen-bond donors (Lipinski definition) is 5. The number of thioether (sulfide) groups is 1. The molecule has 0 aliphatic heterocycles. The molecule has 0 fully saturated rings. The molecule has 2 atom stereocenters. The Bertz CT molecular complexity index is 564. The van der Waals surface area contributed by atoms with E-state index in [2.05, 4.69) is 10.3 Å². The Morgan fingerprint density at radius 1 is 1.34 bits per heavy atom. The Labute approximate surface area is 175 Å². The third-order valence-corrected chi connectivity index (χ3v) is 4.86. The predicted octanol–water partition coefficient (Wildman–Crippen LogP) is -0.266. The number of rotatable bonds is 15. The van der Waals surface area contributed by atoms with Gasteiger partial charge in [-0.05, 0) is 30.9 Å². The van der Waals surface area contributed by atoms with Crippen molar-refractivity contribution in [3.8, 4) is 0 Å². The second-order valence-electron chi connectivity index (χ2n) is 7.01. The summed E-state index contributed by atoms with van der Waals surface area (Å²) in [6.07, 6.45) is 1.09. The summed E-state index contributed by atoms with van der Waals surface area (Å²) >= 11 is 1.46. The molecule has 1 amide bonds. The number of carbonyl (C=O) groups excluding carboxylic acids is 2. The first-order chi connectivity index (χ1) is 13.6. The number of nitro groups is 1. The molecular formula is C16H32BN5O6S. The number of carbonyl (C=O) groups is 2. The van der Waals surface area contributed by atoms with Crippen molar-refractivity contribution in [1.29, 1.82) is 0 Å². The number of ketones is 1. The fourth-order valence-electron chi connectivity index (χ4n) is 2.61. The van der Waals surface area contributed by atoms with E-state index < -0.39 is 29.9 Å². The van der Waals surface area contributed by atoms with Crippen molar-refractivity contribution >= 4 is 36.5 Å². The SMILES string of the molecule is CCSCC(=O)C[C@@H](CCCN=C(N)N[N+](=O)[O-])C(=O)N[C@@H](CC(C)C)B(O)O. The van der Waals surface area contributed by atoms with Gasteiger partial charge in [-0.1, -0.05) is 26.2 Å². The molecule has 0 bridgehead atoms. The number of hydrazine groups is 1. The van der Waals surface area contributed by atoms with Crippen LogP contribution in [0.1, 0.15) is 46.5 Å². The van der Waals surface area contributed by atoms with Gasteiger partial charge in [0.25, 0.3) is 5.96 Å². The van der Waals surface area contributed by atoms with Crippen LogP contribution in [0, 0.1) is 22.0 Å². The van der Waals surface area contributed by atoms with Crippen LogP contribution < -0.4 is 16.5 Å². The molecule has 6 N–H and O–H groups in total. The summed E-state index contributed by atoms with van der Waals surface area (Å²) in [5, 5.41) is 31.1. The largest absolute Gasteiger partial charge is 0.475 e. The molecule has 0 saturated carbocycles. The highest BCUT2D eigenvalue weighted by Gasteiger charge is 2.29. The fourth-order valence-corrected chi connectivity index (χ4v) is 3.15. The van der Waals surface area contributed by atoms with Gasteiger partial charge < -0.3 is 21.1 Å². The Morgan fingerprint density at radius 2 is 2.00 bits per heavy atom. The van der Waals surface area contributed by atoms with Crippen molar-refractivity contribution in [1.82, 2.24) is 10.7 Å². The van der Waals surface area contributed by atoms with Crippen molar-refractivity contribution in [2.75, 3.05) is 18.1 Å². The van der Waals surface area contributed by atoms with Gasteiger partial charge in [-0.25, -0.2) is 15.1 Å². The fraction of sp³-hybridized carbons (Fsp3) is 0.812. The van der Waals surface area contributed by atoms with Gasteiger partial charge in [-0.15, -0.1) is 0 Å². The standard InChI is InChI=1S/C16H32BN5O6S/c1-4-29-10-13(23)9-12(6-5-7-19-16(18)21-22(27)28)15(24)20-14(17(25)26)8-11(2)3/h11-12,14,25-26H,4-10H2,1-3H3,(H,20,24)(H3,18,19,21)/t12-,14+/m1/s1. The molecule has 0 unspecified atom stereocenters. The van der Waals surface area contributed by atoms with E-state index in [1.165, 1.54) is 11.8 Å². The summed E-state index contributed by atoms with van der Waals surface area (Å²) in [6, 6.07) is 0. The first kappa shape index (κ1) is 27.1. The van der Waals surface area contributed by atoms with Crippen molar-refractivity contribution in [2.24, 2.45) is 22.6 Å². The lowest BCUT2D eigenvalue weighted by Crippen LogP contribution is -2.49. The van der Waals surface area contributed by atoms with Crippen LogP contribution >= 0.6 is 11.8 Å². The van der Waals surface area contributed by atoms with E-state index in [9.17, 15) is 29.8 Å². The van der Waals surface area contributed by atoms with Gasteiger partial charge in [-0.2, -0.15) is 11.8 Å². The topological polar surface area (TPSA) is 180 Å². The third kappa shape index (κ3) is 13.9. The molecule has 0 heterocycles. The molecule has 29 heavy (non-hydrogen) atoms. The van der Waals surface area contributed by atoms with Crippen LogP contribution in [0.5, 0.6) is 0 Å². The molecule has 0 aromatic heterocycles. The van der Waals surface area contributed by atoms with Crippen LogP contribution in [0.3, 0.4) is 0 Å². The van der Waals surface area contributed by atoms with Gasteiger partial charge in [0.1, 0.15) is 5.78 Å². The normalized spacial score (nSPS) is 13.7. The molecule has 0 aromatic rings. The van der Waals surface area contributed by atoms with Crippen LogP contribution in [0.2, 0.25) is 0 Å². The number of aliphatic imine (C=N–C) groups is 1. The van der Waals surface area contributed by atoms with Gasteiger partial charge >= 0.3 is 7.12 Å². The molecule has 0 radical (unpaired) electrons. The zero-order valence-electron chi connectivity index (χ0n) is 17.2. The van der Waals surface area contributed by atoms with Crippen molar-refractivity contribution in [3.63, 3.8) is 0 Å². The number of nitrogens with one attached hydrogen (secondary N) is 2. The predicted molar refractivity (Wildman–Crippen MR) is 114 cm³/mol. The Morgan fingerprint density at radius 3 is 2.52 bits per heavy atom. The van der Waals surface area contributed by atoms with Crippen LogP contribution in [-0.4, -0.2) is 63.8 Å². The maximum atomic E-state index is 12.7. The molecule has 0 aliphatic carbocycles. The van der Waals surface area contributed by atoms with Gasteiger partial charge in [0.05, 0.1) is 11.7 Å². The number of amides is 1. The highest BCUT2D eigenvalue weighted by molar-refractivity contribution is 7.99. The Hall–Kier alpha value is -1.86. The van der Waals surface area contributed by atoms with Crippen molar-refractivity contribution in [3.05, 3.63) is 10.1 Å². The van der Waals surface area contributed by atoms with Gasteiger partial charge in [0.15, 0.2) is 5.03 Å².